The van der Waals surface area contributed by atoms with Gasteiger partial charge in [0.1, 0.15) is 5.54 Å². The Morgan fingerprint density at radius 1 is 1.15 bits per heavy atom. The Kier molecular flexibility index (Phi) is 5.39. The molecule has 2 atom stereocenters. The smallest absolute Gasteiger partial charge is 0.235 e. The summed E-state index contributed by atoms with van der Waals surface area (Å²) in [5.41, 5.74) is 2.66. The highest BCUT2D eigenvalue weighted by Gasteiger charge is 2.42. The van der Waals surface area contributed by atoms with E-state index in [1.807, 2.05) is 25.1 Å². The highest BCUT2D eigenvalue weighted by molar-refractivity contribution is 5.79. The fourth-order valence-electron chi connectivity index (χ4n) is 3.24. The van der Waals surface area contributed by atoms with Crippen LogP contribution in [0, 0.1) is 24.2 Å². The van der Waals surface area contributed by atoms with E-state index < -0.39 is 5.54 Å². The molecule has 3 rings (SSSR count). The number of carbonyl (C=O) groups excluding carboxylic acids is 1. The van der Waals surface area contributed by atoms with Gasteiger partial charge >= 0.3 is 0 Å². The van der Waals surface area contributed by atoms with Crippen molar-refractivity contribution in [3.63, 3.8) is 0 Å². The Hall–Kier alpha value is -2.64. The minimum absolute atomic E-state index is 0.0724. The van der Waals surface area contributed by atoms with Gasteiger partial charge in [0.05, 0.1) is 18.7 Å². The number of hydrogen-bond acceptors (Lipinski definition) is 3. The van der Waals surface area contributed by atoms with Crippen molar-refractivity contribution in [1.82, 2.24) is 10.6 Å². The van der Waals surface area contributed by atoms with Crippen molar-refractivity contribution in [3.05, 3.63) is 71.3 Å². The number of aryl methyl sites for hydroxylation is 1. The normalized spacial score (nSPS) is 17.0. The third-order valence-corrected chi connectivity index (χ3v) is 5.04. The summed E-state index contributed by atoms with van der Waals surface area (Å²) in [4.78, 5) is 12.4. The van der Waals surface area contributed by atoms with Gasteiger partial charge in [-0.15, -0.1) is 0 Å². The zero-order chi connectivity index (χ0) is 18.6. The molecule has 2 aromatic carbocycles. The first-order chi connectivity index (χ1) is 12.5. The molecule has 0 radical (unpaired) electrons. The molecule has 0 heterocycles. The van der Waals surface area contributed by atoms with E-state index in [1.165, 1.54) is 5.56 Å². The molecule has 2 aromatic rings. The largest absolute Gasteiger partial charge is 0.337 e. The molecule has 134 valence electrons. The van der Waals surface area contributed by atoms with E-state index in [-0.39, 0.29) is 24.4 Å². The van der Waals surface area contributed by atoms with Crippen LogP contribution in [0.25, 0.3) is 0 Å². The summed E-state index contributed by atoms with van der Waals surface area (Å²) in [5, 5.41) is 15.7. The van der Waals surface area contributed by atoms with Crippen LogP contribution in [0.2, 0.25) is 0 Å². The lowest BCUT2D eigenvalue weighted by Gasteiger charge is -2.25. The molecule has 4 heteroatoms. The first-order valence-electron chi connectivity index (χ1n) is 9.09. The maximum Gasteiger partial charge on any atom is 0.235 e. The Morgan fingerprint density at radius 3 is 2.35 bits per heavy atom. The molecule has 0 spiro atoms. The van der Waals surface area contributed by atoms with Gasteiger partial charge in [-0.2, -0.15) is 5.26 Å². The maximum atomic E-state index is 12.4. The second-order valence-electron chi connectivity index (χ2n) is 7.27. The third kappa shape index (κ3) is 4.30. The number of nitrogens with one attached hydrogen (secondary N) is 2. The Bertz CT molecular complexity index is 790. The topological polar surface area (TPSA) is 64.9 Å². The SMILES string of the molecule is Cc1ccc([C@H](NCC(=O)N[C@@](C)(C#N)C2CC2)c2ccccc2)cc1. The van der Waals surface area contributed by atoms with E-state index in [0.717, 1.165) is 24.0 Å². The highest BCUT2D eigenvalue weighted by Crippen LogP contribution is 2.39. The molecule has 1 aliphatic rings. The van der Waals surface area contributed by atoms with Crippen LogP contribution < -0.4 is 10.6 Å². The molecule has 0 aromatic heterocycles. The first kappa shape index (κ1) is 18.2. The number of hydrogen-bond donors (Lipinski definition) is 2. The van der Waals surface area contributed by atoms with Crippen LogP contribution in [-0.4, -0.2) is 18.0 Å². The quantitative estimate of drug-likeness (QED) is 0.806. The zero-order valence-electron chi connectivity index (χ0n) is 15.3. The van der Waals surface area contributed by atoms with Crippen LogP contribution in [0.15, 0.2) is 54.6 Å². The van der Waals surface area contributed by atoms with Crippen molar-refractivity contribution in [2.24, 2.45) is 5.92 Å². The van der Waals surface area contributed by atoms with Crippen LogP contribution in [0.5, 0.6) is 0 Å². The Balaban J connectivity index is 1.71. The molecule has 1 aliphatic carbocycles. The predicted octanol–water partition coefficient (Wildman–Crippen LogP) is 3.48. The lowest BCUT2D eigenvalue weighted by atomic mass is 9.97. The summed E-state index contributed by atoms with van der Waals surface area (Å²) in [6, 6.07) is 20.6. The number of nitrogens with zero attached hydrogens (tertiary/aromatic N) is 1. The van der Waals surface area contributed by atoms with Gasteiger partial charge in [0.2, 0.25) is 5.91 Å². The molecule has 4 nitrogen and oxygen atoms in total. The van der Waals surface area contributed by atoms with Gasteiger partial charge in [0, 0.05) is 0 Å². The van der Waals surface area contributed by atoms with Crippen LogP contribution in [0.3, 0.4) is 0 Å². The summed E-state index contributed by atoms with van der Waals surface area (Å²) in [6.45, 7) is 4.04. The van der Waals surface area contributed by atoms with Gasteiger partial charge < -0.3 is 5.32 Å². The summed E-state index contributed by atoms with van der Waals surface area (Å²) >= 11 is 0. The standard InChI is InChI=1S/C22H25N3O/c1-16-8-10-18(11-9-16)21(17-6-4-3-5-7-17)24-14-20(26)25-22(2,15-23)19-12-13-19/h3-11,19,21,24H,12-14H2,1-2H3,(H,25,26)/t21-,22+/m1/s1. The second-order valence-corrected chi connectivity index (χ2v) is 7.27. The number of rotatable bonds is 7. The molecule has 0 unspecified atom stereocenters. The average molecular weight is 347 g/mol. The third-order valence-electron chi connectivity index (χ3n) is 5.04. The molecule has 0 aliphatic heterocycles. The Morgan fingerprint density at radius 2 is 1.77 bits per heavy atom. The summed E-state index contributed by atoms with van der Waals surface area (Å²) < 4.78 is 0. The molecular weight excluding hydrogens is 322 g/mol. The fourth-order valence-corrected chi connectivity index (χ4v) is 3.24. The number of amides is 1. The maximum absolute atomic E-state index is 12.4. The van der Waals surface area contributed by atoms with E-state index >= 15 is 0 Å². The molecule has 26 heavy (non-hydrogen) atoms. The molecule has 1 amide bonds. The van der Waals surface area contributed by atoms with Crippen LogP contribution in [0.1, 0.15) is 42.5 Å². The molecule has 1 fully saturated rings. The number of nitriles is 1. The van der Waals surface area contributed by atoms with Crippen molar-refractivity contribution >= 4 is 5.91 Å². The number of benzene rings is 2. The van der Waals surface area contributed by atoms with Crippen molar-refractivity contribution in [3.8, 4) is 6.07 Å². The zero-order valence-corrected chi connectivity index (χ0v) is 15.3. The minimum Gasteiger partial charge on any atom is -0.337 e. The first-order valence-corrected chi connectivity index (χ1v) is 9.09. The Labute approximate surface area is 155 Å². The highest BCUT2D eigenvalue weighted by atomic mass is 16.2. The summed E-state index contributed by atoms with van der Waals surface area (Å²) in [5.74, 6) is 0.132. The lowest BCUT2D eigenvalue weighted by molar-refractivity contribution is -0.121. The van der Waals surface area contributed by atoms with E-state index in [2.05, 4.69) is 60.0 Å². The van der Waals surface area contributed by atoms with E-state index in [1.54, 1.807) is 0 Å². The van der Waals surface area contributed by atoms with Gasteiger partial charge in [0.25, 0.3) is 0 Å². The average Bonchev–Trinajstić information content (AvgIpc) is 3.50. The summed E-state index contributed by atoms with van der Waals surface area (Å²) in [7, 11) is 0. The van der Waals surface area contributed by atoms with Gasteiger partial charge in [-0.1, -0.05) is 60.2 Å². The van der Waals surface area contributed by atoms with E-state index in [9.17, 15) is 10.1 Å². The van der Waals surface area contributed by atoms with E-state index in [0.29, 0.717) is 0 Å². The van der Waals surface area contributed by atoms with Gasteiger partial charge in [0.15, 0.2) is 0 Å². The summed E-state index contributed by atoms with van der Waals surface area (Å²) in [6.07, 6.45) is 2.02. The van der Waals surface area contributed by atoms with Crippen molar-refractivity contribution in [1.29, 1.82) is 5.26 Å². The molecule has 2 N–H and O–H groups in total. The van der Waals surface area contributed by atoms with Gasteiger partial charge in [-0.3, -0.25) is 10.1 Å². The van der Waals surface area contributed by atoms with Crippen molar-refractivity contribution in [2.45, 2.75) is 38.3 Å². The molecular formula is C22H25N3O. The van der Waals surface area contributed by atoms with Crippen LogP contribution in [-0.2, 0) is 4.79 Å². The van der Waals surface area contributed by atoms with E-state index in [4.69, 9.17) is 0 Å². The predicted molar refractivity (Wildman–Crippen MR) is 102 cm³/mol. The van der Waals surface area contributed by atoms with Crippen LogP contribution >= 0.6 is 0 Å². The number of carbonyl (C=O) groups is 1. The van der Waals surface area contributed by atoms with Gasteiger partial charge in [-0.25, -0.2) is 0 Å². The van der Waals surface area contributed by atoms with Gasteiger partial charge in [-0.05, 0) is 43.7 Å². The second kappa shape index (κ2) is 7.72. The fraction of sp³-hybridized carbons (Fsp3) is 0.364. The molecule has 0 saturated heterocycles. The monoisotopic (exact) mass is 347 g/mol. The molecule has 0 bridgehead atoms. The van der Waals surface area contributed by atoms with Crippen molar-refractivity contribution in [2.75, 3.05) is 6.54 Å². The van der Waals surface area contributed by atoms with Crippen molar-refractivity contribution < 1.29 is 4.79 Å². The lowest BCUT2D eigenvalue weighted by Crippen LogP contribution is -2.49. The van der Waals surface area contributed by atoms with Crippen LogP contribution in [0.4, 0.5) is 0 Å². The molecule has 1 saturated carbocycles. The minimum atomic E-state index is -0.759.